The molecule has 2 aliphatic heterocycles. The average molecular weight is 389 g/mol. The molecular formula is C17H27ClN3O3S+. The van der Waals surface area contributed by atoms with Gasteiger partial charge < -0.3 is 15.3 Å². The number of nitrogens with two attached hydrogens (primary N) is 1. The highest BCUT2D eigenvalue weighted by molar-refractivity contribution is 8.00. The van der Waals surface area contributed by atoms with Crippen LogP contribution in [0.4, 0.5) is 0 Å². The Hall–Kier alpha value is -0.860. The predicted molar refractivity (Wildman–Crippen MR) is 101 cm³/mol. The highest BCUT2D eigenvalue weighted by atomic mass is 35.5. The number of carbonyl (C=O) groups is 2. The van der Waals surface area contributed by atoms with Crippen molar-refractivity contribution in [3.05, 3.63) is 23.4 Å². The molecule has 1 fully saturated rings. The van der Waals surface area contributed by atoms with Gasteiger partial charge in [0.25, 0.3) is 5.24 Å². The first kappa shape index (κ1) is 20.5. The highest BCUT2D eigenvalue weighted by Gasteiger charge is 2.51. The van der Waals surface area contributed by atoms with Crippen molar-refractivity contribution in [3.63, 3.8) is 0 Å². The van der Waals surface area contributed by atoms with Gasteiger partial charge in [-0.15, -0.1) is 11.8 Å². The van der Waals surface area contributed by atoms with Crippen LogP contribution in [0.5, 0.6) is 0 Å². The maximum absolute atomic E-state index is 12.0. The predicted octanol–water partition coefficient (Wildman–Crippen LogP) is 0.899. The molecule has 0 radical (unpaired) electrons. The fourth-order valence-corrected chi connectivity index (χ4v) is 4.88. The molecule has 0 saturated carbocycles. The molecule has 0 aromatic rings. The molecule has 2 atom stereocenters. The minimum absolute atomic E-state index is 0.129. The summed E-state index contributed by atoms with van der Waals surface area (Å²) in [5.41, 5.74) is 6.63. The maximum atomic E-state index is 12.0. The summed E-state index contributed by atoms with van der Waals surface area (Å²) in [4.78, 5) is 25.2. The molecule has 0 bridgehead atoms. The zero-order valence-corrected chi connectivity index (χ0v) is 16.7. The lowest BCUT2D eigenvalue weighted by Gasteiger charge is -2.48. The van der Waals surface area contributed by atoms with Gasteiger partial charge in [0.1, 0.15) is 17.1 Å². The van der Waals surface area contributed by atoms with Crippen molar-refractivity contribution in [2.24, 2.45) is 11.1 Å². The van der Waals surface area contributed by atoms with E-state index in [1.165, 1.54) is 4.90 Å². The Morgan fingerprint density at radius 1 is 1.52 bits per heavy atom. The molecule has 3 N–H and O–H groups in total. The SMILES string of the molecule is CC(C)(CO)C[N+](C)(C)CC=CC1=C(C(=O)Cl)N2C(=O)[C@@H](N)[C@H]2SC1. The topological polar surface area (TPSA) is 83.6 Å². The summed E-state index contributed by atoms with van der Waals surface area (Å²) in [6, 6.07) is -0.558. The first-order valence-electron chi connectivity index (χ1n) is 8.22. The third-order valence-electron chi connectivity index (χ3n) is 4.43. The van der Waals surface area contributed by atoms with Crippen LogP contribution in [0, 0.1) is 5.41 Å². The molecule has 0 spiro atoms. The number of hydrogen-bond acceptors (Lipinski definition) is 5. The van der Waals surface area contributed by atoms with E-state index in [2.05, 4.69) is 14.1 Å². The molecule has 2 rings (SSSR count). The van der Waals surface area contributed by atoms with E-state index >= 15 is 0 Å². The first-order valence-corrected chi connectivity index (χ1v) is 9.64. The monoisotopic (exact) mass is 388 g/mol. The van der Waals surface area contributed by atoms with E-state index in [9.17, 15) is 14.7 Å². The normalized spacial score (nSPS) is 24.6. The summed E-state index contributed by atoms with van der Waals surface area (Å²) in [6.07, 6.45) is 3.87. The van der Waals surface area contributed by atoms with E-state index in [1.54, 1.807) is 11.8 Å². The summed E-state index contributed by atoms with van der Waals surface area (Å²) in [7, 11) is 4.18. The van der Waals surface area contributed by atoms with Crippen molar-refractivity contribution in [2.75, 3.05) is 39.5 Å². The first-order chi connectivity index (χ1) is 11.5. The summed E-state index contributed by atoms with van der Waals surface area (Å²) < 4.78 is 0.699. The van der Waals surface area contributed by atoms with Crippen molar-refractivity contribution in [1.82, 2.24) is 4.90 Å². The molecule has 0 aromatic carbocycles. The fraction of sp³-hybridized carbons (Fsp3) is 0.647. The molecule has 1 saturated heterocycles. The maximum Gasteiger partial charge on any atom is 0.269 e. The van der Waals surface area contributed by atoms with E-state index in [-0.39, 0.29) is 29.0 Å². The zero-order chi connectivity index (χ0) is 19.0. The number of allylic oxidation sites excluding steroid dienone is 2. The van der Waals surface area contributed by atoms with Gasteiger partial charge in [-0.1, -0.05) is 19.9 Å². The molecule has 2 aliphatic rings. The Kier molecular flexibility index (Phi) is 6.06. The van der Waals surface area contributed by atoms with Gasteiger partial charge in [-0.2, -0.15) is 0 Å². The lowest BCUT2D eigenvalue weighted by atomic mass is 9.93. The number of likely N-dealkylation sites (N-methyl/N-ethyl adjacent to an activating group) is 1. The van der Waals surface area contributed by atoms with Crippen LogP contribution in [-0.4, -0.2) is 76.6 Å². The smallest absolute Gasteiger partial charge is 0.269 e. The van der Waals surface area contributed by atoms with Crippen LogP contribution in [0.1, 0.15) is 13.8 Å². The van der Waals surface area contributed by atoms with Gasteiger partial charge in [-0.3, -0.25) is 14.5 Å². The number of hydrogen-bond donors (Lipinski definition) is 2. The van der Waals surface area contributed by atoms with Crippen LogP contribution < -0.4 is 5.73 Å². The van der Waals surface area contributed by atoms with Gasteiger partial charge in [0, 0.05) is 11.2 Å². The molecule has 25 heavy (non-hydrogen) atoms. The minimum atomic E-state index is -0.625. The van der Waals surface area contributed by atoms with Gasteiger partial charge in [-0.25, -0.2) is 0 Å². The van der Waals surface area contributed by atoms with Crippen LogP contribution in [0.3, 0.4) is 0 Å². The van der Waals surface area contributed by atoms with Crippen LogP contribution >= 0.6 is 23.4 Å². The summed E-state index contributed by atoms with van der Waals surface area (Å²) in [5, 5.41) is 8.63. The molecule has 1 amide bonds. The summed E-state index contributed by atoms with van der Waals surface area (Å²) in [6.45, 7) is 5.73. The van der Waals surface area contributed by atoms with Gasteiger partial charge in [0.2, 0.25) is 5.91 Å². The Labute approximate surface area is 158 Å². The number of nitrogens with zero attached hydrogens (tertiary/aromatic N) is 2. The fourth-order valence-electron chi connectivity index (χ4n) is 3.40. The van der Waals surface area contributed by atoms with Gasteiger partial charge in [0.05, 0.1) is 33.8 Å². The lowest BCUT2D eigenvalue weighted by molar-refractivity contribution is -0.890. The second kappa shape index (κ2) is 7.40. The molecule has 0 aliphatic carbocycles. The van der Waals surface area contributed by atoms with Crippen molar-refractivity contribution >= 4 is 34.5 Å². The van der Waals surface area contributed by atoms with Crippen molar-refractivity contribution in [2.45, 2.75) is 25.3 Å². The van der Waals surface area contributed by atoms with Crippen molar-refractivity contribution < 1.29 is 19.2 Å². The highest BCUT2D eigenvalue weighted by Crippen LogP contribution is 2.40. The lowest BCUT2D eigenvalue weighted by Crippen LogP contribution is -2.68. The molecule has 0 aromatic heterocycles. The number of fused-ring (bicyclic) bond motifs is 1. The number of rotatable bonds is 7. The molecule has 8 heteroatoms. The second-order valence-electron chi connectivity index (χ2n) is 8.08. The third kappa shape index (κ3) is 4.46. The number of thioether (sulfide) groups is 1. The van der Waals surface area contributed by atoms with E-state index in [4.69, 9.17) is 17.3 Å². The standard InChI is InChI=1S/C17H27ClN3O3S/c1-17(2,10-22)9-21(3,4)7-5-6-11-8-25-16-12(19)15(24)20(16)13(11)14(18)23/h5-6,12,16,22H,7-10,19H2,1-4H3/q+1/t12-,16-/m1/s1. The van der Waals surface area contributed by atoms with Crippen LogP contribution in [0.15, 0.2) is 23.4 Å². The Bertz CT molecular complexity index is 631. The van der Waals surface area contributed by atoms with Crippen LogP contribution in [0.25, 0.3) is 0 Å². The number of halogens is 1. The molecular weight excluding hydrogens is 362 g/mol. The van der Waals surface area contributed by atoms with Crippen LogP contribution in [-0.2, 0) is 9.59 Å². The number of amides is 1. The zero-order valence-electron chi connectivity index (χ0n) is 15.2. The molecule has 2 heterocycles. The minimum Gasteiger partial charge on any atom is -0.396 e. The average Bonchev–Trinajstić information content (AvgIpc) is 2.52. The van der Waals surface area contributed by atoms with E-state index < -0.39 is 11.3 Å². The molecule has 6 nitrogen and oxygen atoms in total. The number of aliphatic hydroxyl groups is 1. The van der Waals surface area contributed by atoms with E-state index in [1.807, 2.05) is 26.0 Å². The molecule has 0 unspecified atom stereocenters. The van der Waals surface area contributed by atoms with Gasteiger partial charge in [0.15, 0.2) is 0 Å². The number of aliphatic hydroxyl groups excluding tert-OH is 1. The number of β-lactam (4-membered cyclic amide) rings is 1. The van der Waals surface area contributed by atoms with Gasteiger partial charge >= 0.3 is 0 Å². The number of carbonyl (C=O) groups excluding carboxylic acids is 2. The Morgan fingerprint density at radius 3 is 2.72 bits per heavy atom. The van der Waals surface area contributed by atoms with Crippen LogP contribution in [0.2, 0.25) is 0 Å². The molecule has 140 valence electrons. The number of quaternary nitrogens is 1. The van der Waals surface area contributed by atoms with Gasteiger partial charge in [-0.05, 0) is 23.3 Å². The van der Waals surface area contributed by atoms with E-state index in [0.717, 1.165) is 18.7 Å². The van der Waals surface area contributed by atoms with E-state index in [0.29, 0.717) is 10.2 Å². The summed E-state index contributed by atoms with van der Waals surface area (Å²) in [5.74, 6) is 0.343. The van der Waals surface area contributed by atoms with Crippen molar-refractivity contribution in [1.29, 1.82) is 0 Å². The largest absolute Gasteiger partial charge is 0.396 e. The Morgan fingerprint density at radius 2 is 2.16 bits per heavy atom. The van der Waals surface area contributed by atoms with Crippen molar-refractivity contribution in [3.8, 4) is 0 Å². The summed E-state index contributed by atoms with van der Waals surface area (Å²) >= 11 is 7.27. The third-order valence-corrected chi connectivity index (χ3v) is 5.93. The second-order valence-corrected chi connectivity index (χ2v) is 9.53. The Balaban J connectivity index is 2.13. The quantitative estimate of drug-likeness (QED) is 0.384.